The fourth-order valence-electron chi connectivity index (χ4n) is 4.21. The van der Waals surface area contributed by atoms with Gasteiger partial charge in [0.15, 0.2) is 11.6 Å². The van der Waals surface area contributed by atoms with E-state index >= 15 is 4.39 Å². The summed E-state index contributed by atoms with van der Waals surface area (Å²) >= 11 is 0. The number of ether oxygens (including phenoxy) is 1. The van der Waals surface area contributed by atoms with Gasteiger partial charge < -0.3 is 15.0 Å². The first-order valence-corrected chi connectivity index (χ1v) is 11.6. The molecule has 5 rings (SSSR count). The molecule has 9 heteroatoms. The lowest BCUT2D eigenvalue weighted by molar-refractivity contribution is -0.0437. The predicted molar refractivity (Wildman–Crippen MR) is 123 cm³/mol. The van der Waals surface area contributed by atoms with Crippen LogP contribution in [-0.4, -0.2) is 45.5 Å². The summed E-state index contributed by atoms with van der Waals surface area (Å²) in [5, 5.41) is 3.43. The molecule has 3 aromatic rings. The van der Waals surface area contributed by atoms with Crippen molar-refractivity contribution in [2.24, 2.45) is 0 Å². The van der Waals surface area contributed by atoms with Gasteiger partial charge >= 0.3 is 0 Å². The smallest absolute Gasteiger partial charge is 0.270 e. The van der Waals surface area contributed by atoms with E-state index in [4.69, 9.17) is 4.74 Å². The van der Waals surface area contributed by atoms with Gasteiger partial charge in [-0.25, -0.2) is 9.37 Å². The second-order valence-electron chi connectivity index (χ2n) is 9.04. The number of aromatic amines is 1. The molecule has 0 spiro atoms. The van der Waals surface area contributed by atoms with Crippen LogP contribution in [0.15, 0.2) is 35.1 Å². The molecular formula is C25H26F2N4O3. The summed E-state index contributed by atoms with van der Waals surface area (Å²) in [6.07, 6.45) is 2.16. The second-order valence-corrected chi connectivity index (χ2v) is 9.04. The van der Waals surface area contributed by atoms with Gasteiger partial charge in [-0.05, 0) is 44.4 Å². The number of amides is 1. The van der Waals surface area contributed by atoms with Crippen molar-refractivity contribution in [2.75, 3.05) is 6.54 Å². The lowest BCUT2D eigenvalue weighted by Gasteiger charge is -2.45. The van der Waals surface area contributed by atoms with E-state index in [2.05, 4.69) is 15.3 Å². The molecule has 1 saturated carbocycles. The quantitative estimate of drug-likeness (QED) is 0.520. The average Bonchev–Trinajstić information content (AvgIpc) is 3.64. The van der Waals surface area contributed by atoms with E-state index in [9.17, 15) is 14.0 Å². The van der Waals surface area contributed by atoms with Crippen LogP contribution in [0.25, 0.3) is 10.9 Å². The third-order valence-corrected chi connectivity index (χ3v) is 6.63. The Hall–Kier alpha value is -3.33. The van der Waals surface area contributed by atoms with Crippen molar-refractivity contribution >= 4 is 16.8 Å². The van der Waals surface area contributed by atoms with Gasteiger partial charge in [0.2, 0.25) is 0 Å². The molecule has 1 saturated heterocycles. The van der Waals surface area contributed by atoms with Crippen LogP contribution in [0.1, 0.15) is 48.3 Å². The highest BCUT2D eigenvalue weighted by atomic mass is 19.1. The molecule has 2 aromatic heterocycles. The van der Waals surface area contributed by atoms with Crippen molar-refractivity contribution in [3.8, 4) is 5.75 Å². The zero-order chi connectivity index (χ0) is 24.0. The Morgan fingerprint density at radius 3 is 2.71 bits per heavy atom. The van der Waals surface area contributed by atoms with Crippen LogP contribution >= 0.6 is 0 Å². The standard InChI is InChI=1S/C25H26F2N4O3/c1-3-14-10-15-4-5-16(21(26)22(15)30-24(14)32)11-31-12-20(13(31)2)34-19-9-8-18(29-23(19)27)25(33)28-17-6-7-17/h4-5,8-10,13,17,20H,3,6-7,11-12H2,1-2H3,(H,28,33)(H,30,32)/t13-,20-/m1/s1. The van der Waals surface area contributed by atoms with Crippen molar-refractivity contribution in [3.63, 3.8) is 0 Å². The summed E-state index contributed by atoms with van der Waals surface area (Å²) < 4.78 is 35.3. The Morgan fingerprint density at radius 2 is 2.03 bits per heavy atom. The first-order chi connectivity index (χ1) is 16.3. The largest absolute Gasteiger partial charge is 0.483 e. The average molecular weight is 469 g/mol. The summed E-state index contributed by atoms with van der Waals surface area (Å²) in [6, 6.07) is 8.20. The number of aromatic nitrogens is 2. The zero-order valence-electron chi connectivity index (χ0n) is 19.0. The molecule has 1 aromatic carbocycles. The lowest BCUT2D eigenvalue weighted by atomic mass is 9.99. The number of nitrogens with zero attached hydrogens (tertiary/aromatic N) is 2. The molecule has 7 nitrogen and oxygen atoms in total. The summed E-state index contributed by atoms with van der Waals surface area (Å²) in [7, 11) is 0. The Balaban J connectivity index is 1.23. The van der Waals surface area contributed by atoms with Gasteiger partial charge in [-0.3, -0.25) is 14.5 Å². The molecule has 2 fully saturated rings. The zero-order valence-corrected chi connectivity index (χ0v) is 19.0. The maximum Gasteiger partial charge on any atom is 0.270 e. The Kier molecular flexibility index (Phi) is 5.81. The normalized spacial score (nSPS) is 20.2. The van der Waals surface area contributed by atoms with Gasteiger partial charge in [-0.15, -0.1) is 0 Å². The first kappa shape index (κ1) is 22.5. The number of carbonyl (C=O) groups is 1. The molecule has 178 valence electrons. The van der Waals surface area contributed by atoms with Crippen molar-refractivity contribution in [2.45, 2.75) is 57.8 Å². The van der Waals surface area contributed by atoms with Crippen molar-refractivity contribution in [3.05, 3.63) is 69.3 Å². The third-order valence-electron chi connectivity index (χ3n) is 6.63. The molecule has 1 aliphatic heterocycles. The topological polar surface area (TPSA) is 87.3 Å². The minimum atomic E-state index is -0.829. The van der Waals surface area contributed by atoms with Gasteiger partial charge in [0, 0.05) is 41.7 Å². The molecule has 2 aliphatic rings. The van der Waals surface area contributed by atoms with Gasteiger partial charge in [0.25, 0.3) is 17.4 Å². The fraction of sp³-hybridized carbons (Fsp3) is 0.400. The predicted octanol–water partition coefficient (Wildman–Crippen LogP) is 3.31. The van der Waals surface area contributed by atoms with Crippen molar-refractivity contribution in [1.29, 1.82) is 0 Å². The number of nitrogens with one attached hydrogen (secondary N) is 2. The molecular weight excluding hydrogens is 442 g/mol. The van der Waals surface area contributed by atoms with Gasteiger partial charge in [-0.1, -0.05) is 19.1 Å². The fourth-order valence-corrected chi connectivity index (χ4v) is 4.21. The van der Waals surface area contributed by atoms with Gasteiger partial charge in [-0.2, -0.15) is 4.39 Å². The van der Waals surface area contributed by atoms with Crippen LogP contribution < -0.4 is 15.6 Å². The number of rotatable bonds is 7. The van der Waals surface area contributed by atoms with E-state index in [1.165, 1.54) is 12.1 Å². The SMILES string of the molecule is CCc1cc2ccc(CN3C[C@@H](Oc4ccc(C(=O)NC5CC5)nc4F)[C@H]3C)c(F)c2[nH]c1=O. The number of hydrogen-bond acceptors (Lipinski definition) is 5. The Morgan fingerprint density at radius 1 is 1.24 bits per heavy atom. The Bertz CT molecular complexity index is 1320. The molecule has 1 aliphatic carbocycles. The van der Waals surface area contributed by atoms with E-state index in [1.807, 2.05) is 24.8 Å². The number of carbonyl (C=O) groups excluding carboxylic acids is 1. The summed E-state index contributed by atoms with van der Waals surface area (Å²) in [6.45, 7) is 4.62. The second kappa shape index (κ2) is 8.79. The monoisotopic (exact) mass is 468 g/mol. The number of H-pyrrole nitrogens is 1. The van der Waals surface area contributed by atoms with E-state index in [1.54, 1.807) is 12.1 Å². The number of likely N-dealkylation sites (tertiary alicyclic amines) is 1. The summed E-state index contributed by atoms with van der Waals surface area (Å²) in [4.78, 5) is 32.6. The maximum absolute atomic E-state index is 15.1. The molecule has 3 heterocycles. The third kappa shape index (κ3) is 4.27. The highest BCUT2D eigenvalue weighted by Crippen LogP contribution is 2.29. The van der Waals surface area contributed by atoms with Crippen LogP contribution in [0.3, 0.4) is 0 Å². The highest BCUT2D eigenvalue weighted by Gasteiger charge is 2.38. The molecule has 0 radical (unpaired) electrons. The van der Waals surface area contributed by atoms with E-state index in [0.717, 1.165) is 12.8 Å². The van der Waals surface area contributed by atoms with Crippen LogP contribution in [0, 0.1) is 11.8 Å². The first-order valence-electron chi connectivity index (χ1n) is 11.6. The number of halogens is 2. The number of aryl methyl sites for hydroxylation is 1. The number of fused-ring (bicyclic) bond motifs is 1. The molecule has 2 N–H and O–H groups in total. The number of pyridine rings is 2. The van der Waals surface area contributed by atoms with Crippen molar-refractivity contribution in [1.82, 2.24) is 20.2 Å². The summed E-state index contributed by atoms with van der Waals surface area (Å²) in [5.74, 6) is -1.67. The van der Waals surface area contributed by atoms with Crippen LogP contribution in [0.4, 0.5) is 8.78 Å². The molecule has 34 heavy (non-hydrogen) atoms. The van der Waals surface area contributed by atoms with Crippen LogP contribution in [-0.2, 0) is 13.0 Å². The minimum Gasteiger partial charge on any atom is -0.483 e. The molecule has 0 unspecified atom stereocenters. The lowest BCUT2D eigenvalue weighted by Crippen LogP contribution is -2.60. The van der Waals surface area contributed by atoms with Crippen LogP contribution in [0.5, 0.6) is 5.75 Å². The number of hydrogen-bond donors (Lipinski definition) is 2. The van der Waals surface area contributed by atoms with Gasteiger partial charge in [0.1, 0.15) is 11.8 Å². The molecule has 0 bridgehead atoms. The van der Waals surface area contributed by atoms with Gasteiger partial charge in [0.05, 0.1) is 5.52 Å². The summed E-state index contributed by atoms with van der Waals surface area (Å²) in [5.41, 5.74) is 1.05. The van der Waals surface area contributed by atoms with Crippen LogP contribution in [0.2, 0.25) is 0 Å². The van der Waals surface area contributed by atoms with E-state index < -0.39 is 11.8 Å². The highest BCUT2D eigenvalue weighted by molar-refractivity contribution is 5.92. The maximum atomic E-state index is 15.1. The van der Waals surface area contributed by atoms with Crippen molar-refractivity contribution < 1.29 is 18.3 Å². The van der Waals surface area contributed by atoms with E-state index in [-0.39, 0.29) is 46.6 Å². The number of benzene rings is 1. The molecule has 2 atom stereocenters. The minimum absolute atomic E-state index is 0.0133. The Labute approximate surface area is 195 Å². The molecule has 1 amide bonds. The van der Waals surface area contributed by atoms with E-state index in [0.29, 0.717) is 36.0 Å².